The summed E-state index contributed by atoms with van der Waals surface area (Å²) in [6, 6.07) is 1.51. The lowest BCUT2D eigenvalue weighted by Crippen LogP contribution is -2.70. The molecule has 90 valence electrons. The van der Waals surface area contributed by atoms with Crippen LogP contribution in [0.25, 0.3) is 0 Å². The summed E-state index contributed by atoms with van der Waals surface area (Å²) in [5.74, 6) is 1.61. The van der Waals surface area contributed by atoms with Gasteiger partial charge in [-0.25, -0.2) is 0 Å². The lowest BCUT2D eigenvalue weighted by atomic mass is 9.57. The van der Waals surface area contributed by atoms with Gasteiger partial charge in [0.15, 0.2) is 0 Å². The van der Waals surface area contributed by atoms with Gasteiger partial charge in [0, 0.05) is 24.0 Å². The van der Waals surface area contributed by atoms with Gasteiger partial charge in [-0.3, -0.25) is 4.90 Å². The zero-order valence-electron chi connectivity index (χ0n) is 11.7. The molecule has 1 heterocycles. The maximum atomic E-state index is 2.68. The minimum absolute atomic E-state index is 0.568. The maximum absolute atomic E-state index is 2.68. The monoisotopic (exact) mass is 211 g/mol. The third-order valence-electron chi connectivity index (χ3n) is 4.68. The van der Waals surface area contributed by atoms with Crippen molar-refractivity contribution < 1.29 is 0 Å². The van der Waals surface area contributed by atoms with Crippen molar-refractivity contribution in [2.45, 2.75) is 67.0 Å². The number of rotatable bonds is 4. The molecule has 0 N–H and O–H groups in total. The molecular formula is C14H29N. The molecule has 1 nitrogen and oxygen atoms in total. The fourth-order valence-corrected chi connectivity index (χ4v) is 3.69. The molecule has 0 saturated carbocycles. The highest BCUT2D eigenvalue weighted by atomic mass is 15.3. The summed E-state index contributed by atoms with van der Waals surface area (Å²) in [6.07, 6.45) is 1.30. The molecule has 1 saturated heterocycles. The Morgan fingerprint density at radius 3 is 1.80 bits per heavy atom. The first-order valence-corrected chi connectivity index (χ1v) is 6.63. The summed E-state index contributed by atoms with van der Waals surface area (Å²) in [6.45, 7) is 17.9. The second-order valence-electron chi connectivity index (χ2n) is 6.11. The highest BCUT2D eigenvalue weighted by molar-refractivity contribution is 5.07. The van der Waals surface area contributed by atoms with Crippen LogP contribution in [0.5, 0.6) is 0 Å². The van der Waals surface area contributed by atoms with Crippen molar-refractivity contribution in [3.63, 3.8) is 0 Å². The number of likely N-dealkylation sites (tertiary alicyclic amines) is 1. The first-order valence-electron chi connectivity index (χ1n) is 6.63. The van der Waals surface area contributed by atoms with Crippen LogP contribution in [0, 0.1) is 17.3 Å². The van der Waals surface area contributed by atoms with Gasteiger partial charge in [-0.2, -0.15) is 0 Å². The molecule has 1 atom stereocenters. The first kappa shape index (κ1) is 13.0. The van der Waals surface area contributed by atoms with Crippen LogP contribution in [0.1, 0.15) is 54.9 Å². The van der Waals surface area contributed by atoms with Crippen LogP contribution in [-0.4, -0.2) is 23.5 Å². The van der Waals surface area contributed by atoms with Crippen molar-refractivity contribution in [1.29, 1.82) is 0 Å². The van der Waals surface area contributed by atoms with Crippen molar-refractivity contribution in [3.8, 4) is 0 Å². The minimum Gasteiger partial charge on any atom is -0.297 e. The van der Waals surface area contributed by atoms with Crippen molar-refractivity contribution in [3.05, 3.63) is 0 Å². The lowest BCUT2D eigenvalue weighted by molar-refractivity contribution is -0.150. The molecule has 0 radical (unpaired) electrons. The molecule has 0 aromatic heterocycles. The van der Waals surface area contributed by atoms with Gasteiger partial charge in [0.1, 0.15) is 0 Å². The van der Waals surface area contributed by atoms with E-state index in [0.29, 0.717) is 11.5 Å². The zero-order chi connectivity index (χ0) is 11.8. The van der Waals surface area contributed by atoms with Crippen LogP contribution in [0.4, 0.5) is 0 Å². The number of hydrogen-bond donors (Lipinski definition) is 0. The molecule has 0 amide bonds. The maximum Gasteiger partial charge on any atom is 0.0169 e. The van der Waals surface area contributed by atoms with Gasteiger partial charge in [-0.15, -0.1) is 0 Å². The van der Waals surface area contributed by atoms with Gasteiger partial charge in [0.2, 0.25) is 0 Å². The van der Waals surface area contributed by atoms with Crippen LogP contribution in [0.3, 0.4) is 0 Å². The molecule has 0 spiro atoms. The number of nitrogens with zero attached hydrogens (tertiary/aromatic N) is 1. The van der Waals surface area contributed by atoms with Gasteiger partial charge < -0.3 is 0 Å². The molecule has 0 bridgehead atoms. The smallest absolute Gasteiger partial charge is 0.0169 e. The highest BCUT2D eigenvalue weighted by Crippen LogP contribution is 2.51. The fourth-order valence-electron chi connectivity index (χ4n) is 3.69. The van der Waals surface area contributed by atoms with Crippen LogP contribution >= 0.6 is 0 Å². The van der Waals surface area contributed by atoms with Gasteiger partial charge in [0.25, 0.3) is 0 Å². The van der Waals surface area contributed by atoms with Gasteiger partial charge >= 0.3 is 0 Å². The van der Waals surface area contributed by atoms with Crippen molar-refractivity contribution in [2.75, 3.05) is 6.54 Å². The van der Waals surface area contributed by atoms with E-state index in [1.807, 2.05) is 0 Å². The molecule has 0 aliphatic carbocycles. The molecule has 15 heavy (non-hydrogen) atoms. The molecule has 1 aliphatic heterocycles. The van der Waals surface area contributed by atoms with E-state index in [1.165, 1.54) is 13.0 Å². The largest absolute Gasteiger partial charge is 0.297 e. The molecule has 1 aliphatic rings. The summed E-state index contributed by atoms with van der Waals surface area (Å²) in [7, 11) is 0. The van der Waals surface area contributed by atoms with E-state index in [0.717, 1.165) is 17.9 Å². The van der Waals surface area contributed by atoms with Crippen molar-refractivity contribution >= 4 is 0 Å². The Kier molecular flexibility index (Phi) is 3.86. The first-order chi connectivity index (χ1) is 6.87. The Balaban J connectivity index is 2.86. The van der Waals surface area contributed by atoms with Crippen LogP contribution in [0.2, 0.25) is 0 Å². The Hall–Kier alpha value is -0.0400. The fraction of sp³-hybridized carbons (Fsp3) is 1.00. The van der Waals surface area contributed by atoms with Crippen LogP contribution in [0.15, 0.2) is 0 Å². The van der Waals surface area contributed by atoms with Gasteiger partial charge in [-0.05, 0) is 32.1 Å². The second-order valence-corrected chi connectivity index (χ2v) is 6.11. The van der Waals surface area contributed by atoms with Gasteiger partial charge in [-0.1, -0.05) is 34.6 Å². The van der Waals surface area contributed by atoms with Crippen LogP contribution in [-0.2, 0) is 0 Å². The second kappa shape index (κ2) is 4.45. The molecule has 1 fully saturated rings. The van der Waals surface area contributed by atoms with Crippen LogP contribution < -0.4 is 0 Å². The van der Waals surface area contributed by atoms with E-state index in [-0.39, 0.29) is 0 Å². The summed E-state index contributed by atoms with van der Waals surface area (Å²) < 4.78 is 0. The highest BCUT2D eigenvalue weighted by Gasteiger charge is 2.55. The number of hydrogen-bond acceptors (Lipinski definition) is 1. The SMILES string of the molecule is CCC1N(C(C)C)CC1(C(C)C)C(C)C. The van der Waals surface area contributed by atoms with E-state index in [4.69, 9.17) is 0 Å². The predicted octanol–water partition coefficient (Wildman–Crippen LogP) is 3.79. The minimum atomic E-state index is 0.568. The van der Waals surface area contributed by atoms with Crippen molar-refractivity contribution in [1.82, 2.24) is 4.90 Å². The van der Waals surface area contributed by atoms with Gasteiger partial charge in [0.05, 0.1) is 0 Å². The third-order valence-corrected chi connectivity index (χ3v) is 4.68. The quantitative estimate of drug-likeness (QED) is 0.684. The standard InChI is InChI=1S/C14H29N/c1-8-13-14(10(2)3,11(4)5)9-15(13)12(6)7/h10-13H,8-9H2,1-7H3. The summed E-state index contributed by atoms with van der Waals surface area (Å²) in [4.78, 5) is 2.68. The van der Waals surface area contributed by atoms with E-state index < -0.39 is 0 Å². The Morgan fingerprint density at radius 1 is 1.07 bits per heavy atom. The molecule has 1 unspecified atom stereocenters. The molecule has 0 aromatic rings. The molecule has 1 rings (SSSR count). The molecule has 0 aromatic carbocycles. The lowest BCUT2D eigenvalue weighted by Gasteiger charge is -2.64. The normalized spacial score (nSPS) is 26.4. The summed E-state index contributed by atoms with van der Waals surface area (Å²) in [5.41, 5.74) is 0.568. The Labute approximate surface area is 96.2 Å². The average Bonchev–Trinajstić information content (AvgIpc) is 2.00. The van der Waals surface area contributed by atoms with E-state index in [1.54, 1.807) is 0 Å². The van der Waals surface area contributed by atoms with Crippen molar-refractivity contribution in [2.24, 2.45) is 17.3 Å². The molecule has 1 heteroatoms. The Morgan fingerprint density at radius 2 is 1.53 bits per heavy atom. The summed E-state index contributed by atoms with van der Waals surface area (Å²) in [5, 5.41) is 0. The predicted molar refractivity (Wildman–Crippen MR) is 68.0 cm³/mol. The van der Waals surface area contributed by atoms with E-state index in [2.05, 4.69) is 53.4 Å². The average molecular weight is 211 g/mol. The molecular weight excluding hydrogens is 182 g/mol. The van der Waals surface area contributed by atoms with E-state index in [9.17, 15) is 0 Å². The summed E-state index contributed by atoms with van der Waals surface area (Å²) >= 11 is 0. The third kappa shape index (κ3) is 1.84. The Bertz CT molecular complexity index is 197. The zero-order valence-corrected chi connectivity index (χ0v) is 11.7. The van der Waals surface area contributed by atoms with E-state index >= 15 is 0 Å². The topological polar surface area (TPSA) is 3.24 Å².